The van der Waals surface area contributed by atoms with E-state index in [2.05, 4.69) is 16.0 Å². The lowest BCUT2D eigenvalue weighted by atomic mass is 10.1. The molecule has 4 heteroatoms. The van der Waals surface area contributed by atoms with Crippen molar-refractivity contribution in [2.24, 2.45) is 5.73 Å². The number of ether oxygens (including phenoxy) is 1. The van der Waals surface area contributed by atoms with Gasteiger partial charge >= 0.3 is 6.01 Å². The van der Waals surface area contributed by atoms with Gasteiger partial charge in [-0.3, -0.25) is 0 Å². The maximum absolute atomic E-state index is 5.78. The standard InChI is InChI=1S/C10H13N3O/c1-14-10-12-5-8(6-13-10)7-2-3-9(11)4-7/h4-6,9H,2-3,11H2,1H3. The zero-order chi connectivity index (χ0) is 9.97. The molecule has 0 amide bonds. The van der Waals surface area contributed by atoms with Gasteiger partial charge in [-0.2, -0.15) is 0 Å². The molecule has 0 spiro atoms. The Morgan fingerprint density at radius 1 is 1.43 bits per heavy atom. The molecule has 2 N–H and O–H groups in total. The maximum atomic E-state index is 5.78. The zero-order valence-electron chi connectivity index (χ0n) is 8.10. The monoisotopic (exact) mass is 191 g/mol. The van der Waals surface area contributed by atoms with Gasteiger partial charge in [-0.05, 0) is 18.4 Å². The van der Waals surface area contributed by atoms with Crippen LogP contribution in [0.1, 0.15) is 18.4 Å². The first-order chi connectivity index (χ1) is 6.79. The highest BCUT2D eigenvalue weighted by molar-refractivity contribution is 5.67. The summed E-state index contributed by atoms with van der Waals surface area (Å²) in [5, 5.41) is 0. The van der Waals surface area contributed by atoms with E-state index in [1.165, 1.54) is 5.57 Å². The van der Waals surface area contributed by atoms with Crippen LogP contribution < -0.4 is 10.5 Å². The summed E-state index contributed by atoms with van der Waals surface area (Å²) in [5.74, 6) is 0. The first-order valence-electron chi connectivity index (χ1n) is 4.62. The second-order valence-corrected chi connectivity index (χ2v) is 3.35. The van der Waals surface area contributed by atoms with Crippen molar-refractivity contribution in [3.8, 4) is 6.01 Å². The topological polar surface area (TPSA) is 61.0 Å². The van der Waals surface area contributed by atoms with E-state index in [9.17, 15) is 0 Å². The molecule has 0 saturated heterocycles. The molecule has 1 aromatic heterocycles. The molecule has 1 heterocycles. The summed E-state index contributed by atoms with van der Waals surface area (Å²) in [6.07, 6.45) is 7.65. The molecule has 4 nitrogen and oxygen atoms in total. The normalized spacial score (nSPS) is 20.7. The molecule has 0 bridgehead atoms. The Bertz CT molecular complexity index is 345. The van der Waals surface area contributed by atoms with Gasteiger partial charge in [0.1, 0.15) is 0 Å². The first kappa shape index (κ1) is 9.15. The van der Waals surface area contributed by atoms with Crippen LogP contribution in [0.4, 0.5) is 0 Å². The Kier molecular flexibility index (Phi) is 2.45. The van der Waals surface area contributed by atoms with E-state index < -0.39 is 0 Å². The van der Waals surface area contributed by atoms with Gasteiger partial charge in [0, 0.05) is 24.0 Å². The fourth-order valence-electron chi connectivity index (χ4n) is 1.58. The Balaban J connectivity index is 2.21. The van der Waals surface area contributed by atoms with Crippen molar-refractivity contribution in [3.05, 3.63) is 24.0 Å². The maximum Gasteiger partial charge on any atom is 0.316 e. The van der Waals surface area contributed by atoms with Gasteiger partial charge in [0.05, 0.1) is 7.11 Å². The van der Waals surface area contributed by atoms with E-state index in [1.807, 2.05) is 0 Å². The average Bonchev–Trinajstić information content (AvgIpc) is 2.65. The predicted molar refractivity (Wildman–Crippen MR) is 53.8 cm³/mol. The molecule has 2 rings (SSSR count). The van der Waals surface area contributed by atoms with Crippen LogP contribution in [0.2, 0.25) is 0 Å². The van der Waals surface area contributed by atoms with Crippen LogP contribution in [0, 0.1) is 0 Å². The van der Waals surface area contributed by atoms with Crippen molar-refractivity contribution in [2.45, 2.75) is 18.9 Å². The summed E-state index contributed by atoms with van der Waals surface area (Å²) in [4.78, 5) is 8.10. The lowest BCUT2D eigenvalue weighted by molar-refractivity contribution is 0.379. The summed E-state index contributed by atoms with van der Waals surface area (Å²) < 4.78 is 4.89. The molecule has 0 aliphatic heterocycles. The van der Waals surface area contributed by atoms with Gasteiger partial charge in [-0.15, -0.1) is 0 Å². The molecular weight excluding hydrogens is 178 g/mol. The molecule has 14 heavy (non-hydrogen) atoms. The van der Waals surface area contributed by atoms with E-state index >= 15 is 0 Å². The highest BCUT2D eigenvalue weighted by Gasteiger charge is 2.13. The Morgan fingerprint density at radius 2 is 2.14 bits per heavy atom. The Morgan fingerprint density at radius 3 is 2.64 bits per heavy atom. The van der Waals surface area contributed by atoms with Crippen molar-refractivity contribution >= 4 is 5.57 Å². The largest absolute Gasteiger partial charge is 0.467 e. The van der Waals surface area contributed by atoms with Crippen molar-refractivity contribution < 1.29 is 4.74 Å². The van der Waals surface area contributed by atoms with Gasteiger partial charge in [0.25, 0.3) is 0 Å². The molecule has 74 valence electrons. The molecule has 1 aromatic rings. The quantitative estimate of drug-likeness (QED) is 0.757. The number of allylic oxidation sites excluding steroid dienone is 1. The van der Waals surface area contributed by atoms with Gasteiger partial charge in [-0.1, -0.05) is 6.08 Å². The lowest BCUT2D eigenvalue weighted by Crippen LogP contribution is -2.11. The first-order valence-corrected chi connectivity index (χ1v) is 4.62. The van der Waals surface area contributed by atoms with E-state index in [1.54, 1.807) is 19.5 Å². The number of hydrogen-bond acceptors (Lipinski definition) is 4. The van der Waals surface area contributed by atoms with E-state index in [0.717, 1.165) is 18.4 Å². The number of hydrogen-bond donors (Lipinski definition) is 1. The second kappa shape index (κ2) is 3.75. The molecule has 0 radical (unpaired) electrons. The van der Waals surface area contributed by atoms with Crippen molar-refractivity contribution in [3.63, 3.8) is 0 Å². The van der Waals surface area contributed by atoms with Crippen molar-refractivity contribution in [2.75, 3.05) is 7.11 Å². The smallest absolute Gasteiger partial charge is 0.316 e. The Labute approximate surface area is 82.8 Å². The zero-order valence-corrected chi connectivity index (χ0v) is 8.10. The minimum atomic E-state index is 0.187. The van der Waals surface area contributed by atoms with Crippen molar-refractivity contribution in [1.82, 2.24) is 9.97 Å². The SMILES string of the molecule is COc1ncc(C2=CC(N)CC2)cn1. The number of aromatic nitrogens is 2. The summed E-state index contributed by atoms with van der Waals surface area (Å²) in [5.41, 5.74) is 8.05. The summed E-state index contributed by atoms with van der Waals surface area (Å²) in [6.45, 7) is 0. The van der Waals surface area contributed by atoms with Crippen molar-refractivity contribution in [1.29, 1.82) is 0 Å². The van der Waals surface area contributed by atoms with Crippen LogP contribution in [-0.2, 0) is 0 Å². The molecule has 1 unspecified atom stereocenters. The Hall–Kier alpha value is -1.42. The van der Waals surface area contributed by atoms with Gasteiger partial charge in [-0.25, -0.2) is 9.97 Å². The molecule has 0 fully saturated rings. The third-order valence-corrected chi connectivity index (χ3v) is 2.34. The summed E-state index contributed by atoms with van der Waals surface area (Å²) >= 11 is 0. The number of methoxy groups -OCH3 is 1. The minimum Gasteiger partial charge on any atom is -0.467 e. The minimum absolute atomic E-state index is 0.187. The molecule has 0 aromatic carbocycles. The second-order valence-electron chi connectivity index (χ2n) is 3.35. The number of nitrogens with zero attached hydrogens (tertiary/aromatic N) is 2. The number of nitrogens with two attached hydrogens (primary N) is 1. The van der Waals surface area contributed by atoms with E-state index in [4.69, 9.17) is 10.5 Å². The third-order valence-electron chi connectivity index (χ3n) is 2.34. The fraction of sp³-hybridized carbons (Fsp3) is 0.400. The predicted octanol–water partition coefficient (Wildman–Crippen LogP) is 0.990. The number of rotatable bonds is 2. The summed E-state index contributed by atoms with van der Waals surface area (Å²) in [6, 6.07) is 0.587. The van der Waals surface area contributed by atoms with Crippen LogP contribution in [0.3, 0.4) is 0 Å². The molecule has 1 aliphatic carbocycles. The summed E-state index contributed by atoms with van der Waals surface area (Å²) in [7, 11) is 1.56. The van der Waals surface area contributed by atoms with Crippen LogP contribution in [-0.4, -0.2) is 23.1 Å². The molecule has 1 atom stereocenters. The lowest BCUT2D eigenvalue weighted by Gasteiger charge is -2.01. The third kappa shape index (κ3) is 1.75. The van der Waals surface area contributed by atoms with E-state index in [-0.39, 0.29) is 6.04 Å². The highest BCUT2D eigenvalue weighted by Crippen LogP contribution is 2.26. The molecular formula is C10H13N3O. The van der Waals surface area contributed by atoms with Gasteiger partial charge < -0.3 is 10.5 Å². The van der Waals surface area contributed by atoms with Crippen LogP contribution in [0.15, 0.2) is 18.5 Å². The van der Waals surface area contributed by atoms with Gasteiger partial charge in [0.2, 0.25) is 0 Å². The van der Waals surface area contributed by atoms with Crippen LogP contribution in [0.25, 0.3) is 5.57 Å². The van der Waals surface area contributed by atoms with E-state index in [0.29, 0.717) is 6.01 Å². The van der Waals surface area contributed by atoms with Crippen LogP contribution in [0.5, 0.6) is 6.01 Å². The highest BCUT2D eigenvalue weighted by atomic mass is 16.5. The van der Waals surface area contributed by atoms with Gasteiger partial charge in [0.15, 0.2) is 0 Å². The van der Waals surface area contributed by atoms with Crippen LogP contribution >= 0.6 is 0 Å². The molecule has 1 aliphatic rings. The fourth-order valence-corrected chi connectivity index (χ4v) is 1.58. The average molecular weight is 191 g/mol. The molecule has 0 saturated carbocycles.